The van der Waals surface area contributed by atoms with E-state index in [1.165, 1.54) is 36.1 Å². The van der Waals surface area contributed by atoms with E-state index in [0.29, 0.717) is 0 Å². The third-order valence-electron chi connectivity index (χ3n) is 6.73. The molecule has 0 spiro atoms. The number of anilines is 1. The minimum Gasteiger partial charge on any atom is -0.274 e. The van der Waals surface area contributed by atoms with Gasteiger partial charge in [-0.25, -0.2) is 0 Å². The molecular formula is C23H29NO2. The van der Waals surface area contributed by atoms with Crippen LogP contribution in [0, 0.1) is 29.6 Å². The van der Waals surface area contributed by atoms with Gasteiger partial charge in [0, 0.05) is 0 Å². The first-order valence-corrected chi connectivity index (χ1v) is 10.3. The number of imide groups is 1. The van der Waals surface area contributed by atoms with E-state index in [4.69, 9.17) is 0 Å². The number of carbonyl (C=O) groups is 2. The summed E-state index contributed by atoms with van der Waals surface area (Å²) in [4.78, 5) is 27.2. The van der Waals surface area contributed by atoms with E-state index in [2.05, 4.69) is 38.1 Å². The standard InChI is InChI=1S/C23H29NO2/c1-3-5-6-15(4-2)13-16-7-11-19(12-8-16)24-22(25)20-17-9-10-18(14-17)21(20)23(24)26/h7-12,15,17-18,20-21H,3-6,13-14H2,1-2H3. The van der Waals surface area contributed by atoms with Gasteiger partial charge in [0.15, 0.2) is 0 Å². The zero-order valence-corrected chi connectivity index (χ0v) is 15.9. The summed E-state index contributed by atoms with van der Waals surface area (Å²) in [6.07, 6.45) is 11.4. The summed E-state index contributed by atoms with van der Waals surface area (Å²) < 4.78 is 0. The number of hydrogen-bond donors (Lipinski definition) is 0. The fraction of sp³-hybridized carbons (Fsp3) is 0.565. The highest BCUT2D eigenvalue weighted by atomic mass is 16.2. The maximum absolute atomic E-state index is 12.9. The molecule has 1 aromatic rings. The molecule has 1 saturated carbocycles. The minimum absolute atomic E-state index is 0.0129. The van der Waals surface area contributed by atoms with Gasteiger partial charge in [-0.1, -0.05) is 63.8 Å². The Morgan fingerprint density at radius 1 is 1.00 bits per heavy atom. The number of benzene rings is 1. The summed E-state index contributed by atoms with van der Waals surface area (Å²) in [6, 6.07) is 8.14. The number of fused-ring (bicyclic) bond motifs is 5. The molecule has 1 aliphatic heterocycles. The highest BCUT2D eigenvalue weighted by Gasteiger charge is 2.59. The molecule has 1 saturated heterocycles. The quantitative estimate of drug-likeness (QED) is 0.525. The van der Waals surface area contributed by atoms with Crippen molar-refractivity contribution in [3.8, 4) is 0 Å². The fourth-order valence-corrected chi connectivity index (χ4v) is 5.21. The number of amides is 2. The minimum atomic E-state index is -0.115. The van der Waals surface area contributed by atoms with Crippen molar-refractivity contribution in [2.75, 3.05) is 4.90 Å². The van der Waals surface area contributed by atoms with Crippen LogP contribution in [0.5, 0.6) is 0 Å². The Kier molecular flexibility index (Phi) is 4.73. The summed E-state index contributed by atoms with van der Waals surface area (Å²) in [5.74, 6) is 1.06. The first kappa shape index (κ1) is 17.5. The molecule has 3 heteroatoms. The molecule has 1 heterocycles. The van der Waals surface area contributed by atoms with E-state index < -0.39 is 0 Å². The third-order valence-corrected chi connectivity index (χ3v) is 6.73. The smallest absolute Gasteiger partial charge is 0.238 e. The molecular weight excluding hydrogens is 322 g/mol. The predicted molar refractivity (Wildman–Crippen MR) is 104 cm³/mol. The summed E-state index contributed by atoms with van der Waals surface area (Å²) in [6.45, 7) is 4.50. The van der Waals surface area contributed by atoms with Crippen molar-refractivity contribution >= 4 is 17.5 Å². The van der Waals surface area contributed by atoms with E-state index in [-0.39, 0.29) is 35.5 Å². The molecule has 5 unspecified atom stereocenters. The second kappa shape index (κ2) is 7.02. The van der Waals surface area contributed by atoms with Crippen LogP contribution in [0.3, 0.4) is 0 Å². The largest absolute Gasteiger partial charge is 0.274 e. The predicted octanol–water partition coefficient (Wildman–Crippen LogP) is 4.76. The lowest BCUT2D eigenvalue weighted by Gasteiger charge is -2.19. The Balaban J connectivity index is 1.47. The van der Waals surface area contributed by atoms with Gasteiger partial charge in [-0.3, -0.25) is 14.5 Å². The first-order chi connectivity index (χ1) is 12.6. The van der Waals surface area contributed by atoms with E-state index >= 15 is 0 Å². The van der Waals surface area contributed by atoms with Crippen LogP contribution >= 0.6 is 0 Å². The van der Waals surface area contributed by atoms with E-state index in [0.717, 1.165) is 24.4 Å². The van der Waals surface area contributed by atoms with Gasteiger partial charge in [0.1, 0.15) is 0 Å². The van der Waals surface area contributed by atoms with Gasteiger partial charge in [0.25, 0.3) is 0 Å². The molecule has 26 heavy (non-hydrogen) atoms. The Morgan fingerprint density at radius 3 is 2.15 bits per heavy atom. The molecule has 3 nitrogen and oxygen atoms in total. The second-order valence-electron chi connectivity index (χ2n) is 8.30. The summed E-state index contributed by atoms with van der Waals surface area (Å²) in [7, 11) is 0. The maximum atomic E-state index is 12.9. The van der Waals surface area contributed by atoms with Gasteiger partial charge in [-0.05, 0) is 48.3 Å². The second-order valence-corrected chi connectivity index (χ2v) is 8.30. The van der Waals surface area contributed by atoms with Crippen LogP contribution in [0.15, 0.2) is 36.4 Å². The van der Waals surface area contributed by atoms with Crippen molar-refractivity contribution in [3.05, 3.63) is 42.0 Å². The van der Waals surface area contributed by atoms with Gasteiger partial charge in [-0.2, -0.15) is 0 Å². The van der Waals surface area contributed by atoms with Crippen molar-refractivity contribution in [3.63, 3.8) is 0 Å². The van der Waals surface area contributed by atoms with Gasteiger partial charge in [-0.15, -0.1) is 0 Å². The van der Waals surface area contributed by atoms with Crippen molar-refractivity contribution < 1.29 is 9.59 Å². The lowest BCUT2D eigenvalue weighted by molar-refractivity contribution is -0.123. The molecule has 3 aliphatic rings. The molecule has 2 fully saturated rings. The third kappa shape index (κ3) is 2.82. The Hall–Kier alpha value is -1.90. The summed E-state index contributed by atoms with van der Waals surface area (Å²) in [5.41, 5.74) is 2.05. The SMILES string of the molecule is CCCCC(CC)Cc1ccc(N2C(=O)C3C4C=CC(C4)C3C2=O)cc1. The Labute approximate surface area is 156 Å². The lowest BCUT2D eigenvalue weighted by atomic mass is 9.85. The fourth-order valence-electron chi connectivity index (χ4n) is 5.21. The highest BCUT2D eigenvalue weighted by Crippen LogP contribution is 2.53. The zero-order chi connectivity index (χ0) is 18.3. The number of unbranched alkanes of at least 4 members (excludes halogenated alkanes) is 1. The van der Waals surface area contributed by atoms with Crippen LogP contribution < -0.4 is 4.90 Å². The van der Waals surface area contributed by atoms with Gasteiger partial charge in [0.2, 0.25) is 11.8 Å². The average Bonchev–Trinajstić information content (AvgIpc) is 3.33. The Bertz CT molecular complexity index is 690. The van der Waals surface area contributed by atoms with Gasteiger partial charge < -0.3 is 0 Å². The Morgan fingerprint density at radius 2 is 1.62 bits per heavy atom. The zero-order valence-electron chi connectivity index (χ0n) is 15.9. The molecule has 0 radical (unpaired) electrons. The van der Waals surface area contributed by atoms with E-state index in [9.17, 15) is 9.59 Å². The van der Waals surface area contributed by atoms with Crippen molar-refractivity contribution in [2.24, 2.45) is 29.6 Å². The van der Waals surface area contributed by atoms with Crippen LogP contribution in [0.1, 0.15) is 51.5 Å². The van der Waals surface area contributed by atoms with E-state index in [1.807, 2.05) is 12.1 Å². The number of carbonyl (C=O) groups excluding carboxylic acids is 2. The summed E-state index contributed by atoms with van der Waals surface area (Å²) in [5, 5.41) is 0. The van der Waals surface area contributed by atoms with Crippen LogP contribution in [0.4, 0.5) is 5.69 Å². The molecule has 2 bridgehead atoms. The molecule has 1 aromatic carbocycles. The molecule has 4 rings (SSSR count). The normalized spacial score (nSPS) is 30.3. The topological polar surface area (TPSA) is 37.4 Å². The van der Waals surface area contributed by atoms with Crippen molar-refractivity contribution in [1.29, 1.82) is 0 Å². The number of nitrogens with zero attached hydrogens (tertiary/aromatic N) is 1. The maximum Gasteiger partial charge on any atom is 0.238 e. The van der Waals surface area contributed by atoms with Crippen LogP contribution in [0.25, 0.3) is 0 Å². The molecule has 5 atom stereocenters. The van der Waals surface area contributed by atoms with Crippen LogP contribution in [-0.2, 0) is 16.0 Å². The van der Waals surface area contributed by atoms with Crippen LogP contribution in [-0.4, -0.2) is 11.8 Å². The number of rotatable bonds is 7. The molecule has 138 valence electrons. The van der Waals surface area contributed by atoms with Crippen molar-refractivity contribution in [1.82, 2.24) is 0 Å². The monoisotopic (exact) mass is 351 g/mol. The van der Waals surface area contributed by atoms with Crippen molar-refractivity contribution in [2.45, 2.75) is 52.4 Å². The van der Waals surface area contributed by atoms with Gasteiger partial charge in [0.05, 0.1) is 17.5 Å². The van der Waals surface area contributed by atoms with Crippen LogP contribution in [0.2, 0.25) is 0 Å². The molecule has 0 N–H and O–H groups in total. The highest BCUT2D eigenvalue weighted by molar-refractivity contribution is 6.22. The molecule has 0 aromatic heterocycles. The van der Waals surface area contributed by atoms with E-state index in [1.54, 1.807) is 0 Å². The first-order valence-electron chi connectivity index (χ1n) is 10.3. The molecule has 2 aliphatic carbocycles. The average molecular weight is 351 g/mol. The van der Waals surface area contributed by atoms with Gasteiger partial charge >= 0.3 is 0 Å². The lowest BCUT2D eigenvalue weighted by Crippen LogP contribution is -2.32. The summed E-state index contributed by atoms with van der Waals surface area (Å²) >= 11 is 0. The number of hydrogen-bond acceptors (Lipinski definition) is 2. The molecule has 2 amide bonds. The number of allylic oxidation sites excluding steroid dienone is 2.